The van der Waals surface area contributed by atoms with E-state index in [1.807, 2.05) is 13.8 Å². The molecule has 0 aromatic carbocycles. The second kappa shape index (κ2) is 16.5. The van der Waals surface area contributed by atoms with Crippen LogP contribution in [0.4, 0.5) is 0 Å². The molecule has 5 heteroatoms. The minimum Gasteiger partial charge on any atom is -0.375 e. The average molecular weight is 317 g/mol. The van der Waals surface area contributed by atoms with E-state index in [1.165, 1.54) is 6.08 Å². The summed E-state index contributed by atoms with van der Waals surface area (Å²) in [6, 6.07) is 0. The van der Waals surface area contributed by atoms with Crippen molar-refractivity contribution in [3.8, 4) is 0 Å². The molecule has 0 aromatic heterocycles. The number of ether oxygens (including phenoxy) is 1. The number of amides is 1. The van der Waals surface area contributed by atoms with Gasteiger partial charge < -0.3 is 9.64 Å². The fraction of sp³-hybridized carbons (Fsp3) is 0.824. The Hall–Kier alpha value is -0.910. The molecular formula is C17H35NO4. The van der Waals surface area contributed by atoms with E-state index in [4.69, 9.17) is 9.99 Å². The number of hydrogen-bond donors (Lipinski definition) is 1. The van der Waals surface area contributed by atoms with Gasteiger partial charge in [0.05, 0.1) is 12.7 Å². The Morgan fingerprint density at radius 1 is 1.18 bits per heavy atom. The van der Waals surface area contributed by atoms with E-state index >= 15 is 0 Å². The Labute approximate surface area is 136 Å². The van der Waals surface area contributed by atoms with Crippen molar-refractivity contribution < 1.29 is 19.7 Å². The summed E-state index contributed by atoms with van der Waals surface area (Å²) in [6.45, 7) is 15.4. The van der Waals surface area contributed by atoms with Crippen LogP contribution in [0.5, 0.6) is 0 Å². The molecule has 0 rings (SSSR count). The van der Waals surface area contributed by atoms with Crippen LogP contribution in [0.25, 0.3) is 0 Å². The molecule has 0 saturated heterocycles. The summed E-state index contributed by atoms with van der Waals surface area (Å²) in [7, 11) is 0. The molecular weight excluding hydrogens is 282 g/mol. The molecule has 0 aliphatic rings. The average Bonchev–Trinajstić information content (AvgIpc) is 2.54. The Kier molecular flexibility index (Phi) is 17.5. The summed E-state index contributed by atoms with van der Waals surface area (Å²) in [5.41, 5.74) is 0. The number of carbonyl (C=O) groups excluding carboxylic acids is 1. The molecule has 0 saturated carbocycles. The van der Waals surface area contributed by atoms with E-state index in [2.05, 4.69) is 25.3 Å². The third-order valence-corrected chi connectivity index (χ3v) is 3.22. The van der Waals surface area contributed by atoms with E-state index in [-0.39, 0.29) is 12.0 Å². The molecule has 0 heterocycles. The Bertz CT molecular complexity index is 261. The maximum absolute atomic E-state index is 10.8. The molecule has 0 spiro atoms. The van der Waals surface area contributed by atoms with Crippen molar-refractivity contribution in [1.82, 2.24) is 4.90 Å². The summed E-state index contributed by atoms with van der Waals surface area (Å²) in [4.78, 5) is 16.6. The topological polar surface area (TPSA) is 59.0 Å². The van der Waals surface area contributed by atoms with Crippen LogP contribution in [-0.4, -0.2) is 48.0 Å². The second-order valence-electron chi connectivity index (χ2n) is 5.16. The summed E-state index contributed by atoms with van der Waals surface area (Å²) in [5.74, 6) is 0.0139. The number of likely N-dealkylation sites (N-methyl/N-ethyl adjacent to an activating group) is 1. The maximum atomic E-state index is 10.8. The van der Waals surface area contributed by atoms with Crippen molar-refractivity contribution in [1.29, 1.82) is 0 Å². The van der Waals surface area contributed by atoms with Crippen molar-refractivity contribution in [2.24, 2.45) is 0 Å². The van der Waals surface area contributed by atoms with Gasteiger partial charge in [0.1, 0.15) is 6.10 Å². The molecule has 0 aliphatic carbocycles. The van der Waals surface area contributed by atoms with Crippen LogP contribution in [0.2, 0.25) is 0 Å². The SMILES string of the molecule is C=CC(=O)N(CC)CC.CCCC(CCC)OCC(C)OO. The number of carbonyl (C=O) groups is 1. The third-order valence-electron chi connectivity index (χ3n) is 3.22. The third kappa shape index (κ3) is 12.8. The van der Waals surface area contributed by atoms with Gasteiger partial charge in [-0.1, -0.05) is 33.3 Å². The molecule has 1 unspecified atom stereocenters. The molecule has 132 valence electrons. The number of hydrogen-bond acceptors (Lipinski definition) is 4. The lowest BCUT2D eigenvalue weighted by Crippen LogP contribution is -2.28. The van der Waals surface area contributed by atoms with Crippen LogP contribution in [0, 0.1) is 0 Å². The van der Waals surface area contributed by atoms with Gasteiger partial charge in [0, 0.05) is 13.1 Å². The van der Waals surface area contributed by atoms with Gasteiger partial charge >= 0.3 is 0 Å². The van der Waals surface area contributed by atoms with Gasteiger partial charge in [-0.15, -0.1) is 0 Å². The van der Waals surface area contributed by atoms with Crippen LogP contribution < -0.4 is 0 Å². The van der Waals surface area contributed by atoms with Crippen LogP contribution >= 0.6 is 0 Å². The lowest BCUT2D eigenvalue weighted by atomic mass is 10.1. The van der Waals surface area contributed by atoms with E-state index in [1.54, 1.807) is 11.8 Å². The predicted octanol–water partition coefficient (Wildman–Crippen LogP) is 3.89. The summed E-state index contributed by atoms with van der Waals surface area (Å²) in [6.07, 6.45) is 5.90. The molecule has 1 amide bonds. The first-order chi connectivity index (χ1) is 10.5. The molecule has 0 fully saturated rings. The molecule has 5 nitrogen and oxygen atoms in total. The maximum Gasteiger partial charge on any atom is 0.245 e. The van der Waals surface area contributed by atoms with Gasteiger partial charge in [-0.25, -0.2) is 4.89 Å². The van der Waals surface area contributed by atoms with Crippen LogP contribution in [0.1, 0.15) is 60.3 Å². The highest BCUT2D eigenvalue weighted by Gasteiger charge is 2.09. The van der Waals surface area contributed by atoms with Crippen molar-refractivity contribution in [3.05, 3.63) is 12.7 Å². The van der Waals surface area contributed by atoms with E-state index < -0.39 is 0 Å². The van der Waals surface area contributed by atoms with Crippen molar-refractivity contribution in [3.63, 3.8) is 0 Å². The van der Waals surface area contributed by atoms with Gasteiger partial charge in [0.15, 0.2) is 0 Å². The summed E-state index contributed by atoms with van der Waals surface area (Å²) in [5, 5.41) is 8.33. The molecule has 1 atom stereocenters. The zero-order valence-corrected chi connectivity index (χ0v) is 15.0. The Morgan fingerprint density at radius 3 is 1.95 bits per heavy atom. The number of rotatable bonds is 11. The monoisotopic (exact) mass is 317 g/mol. The summed E-state index contributed by atoms with van der Waals surface area (Å²) < 4.78 is 5.59. The van der Waals surface area contributed by atoms with Crippen molar-refractivity contribution in [2.75, 3.05) is 19.7 Å². The minimum absolute atomic E-state index is 0.0139. The predicted molar refractivity (Wildman–Crippen MR) is 90.9 cm³/mol. The molecule has 0 aliphatic heterocycles. The molecule has 0 bridgehead atoms. The first kappa shape index (κ1) is 23.4. The standard InChI is InChI=1S/C10H22O3.C7H13NO/c1-4-6-10(7-5-2)12-8-9(3)13-11;1-4-7(9)8(5-2)6-3/h9-11H,4-8H2,1-3H3;4H,1,5-6H2,2-3H3. The first-order valence-corrected chi connectivity index (χ1v) is 8.33. The van der Waals surface area contributed by atoms with Gasteiger partial charge in [-0.2, -0.15) is 0 Å². The normalized spacial score (nSPS) is 11.6. The molecule has 0 radical (unpaired) electrons. The Balaban J connectivity index is 0. The number of nitrogens with zero attached hydrogens (tertiary/aromatic N) is 1. The molecule has 0 aromatic rings. The lowest BCUT2D eigenvalue weighted by molar-refractivity contribution is -0.284. The first-order valence-electron chi connectivity index (χ1n) is 8.33. The largest absolute Gasteiger partial charge is 0.375 e. The van der Waals surface area contributed by atoms with Gasteiger partial charge in [-0.3, -0.25) is 10.1 Å². The highest BCUT2D eigenvalue weighted by molar-refractivity contribution is 5.86. The lowest BCUT2D eigenvalue weighted by Gasteiger charge is -2.18. The van der Waals surface area contributed by atoms with Crippen LogP contribution in [0.3, 0.4) is 0 Å². The van der Waals surface area contributed by atoms with Gasteiger partial charge in [0.25, 0.3) is 0 Å². The zero-order valence-electron chi connectivity index (χ0n) is 15.0. The molecule has 1 N–H and O–H groups in total. The van der Waals surface area contributed by atoms with Crippen molar-refractivity contribution >= 4 is 5.91 Å². The second-order valence-corrected chi connectivity index (χ2v) is 5.16. The van der Waals surface area contributed by atoms with Gasteiger partial charge in [0.2, 0.25) is 5.91 Å². The smallest absolute Gasteiger partial charge is 0.245 e. The van der Waals surface area contributed by atoms with E-state index in [0.29, 0.717) is 12.7 Å². The van der Waals surface area contributed by atoms with E-state index in [0.717, 1.165) is 38.8 Å². The van der Waals surface area contributed by atoms with Crippen molar-refractivity contribution in [2.45, 2.75) is 72.5 Å². The zero-order chi connectivity index (χ0) is 17.4. The fourth-order valence-electron chi connectivity index (χ4n) is 1.92. The fourth-order valence-corrected chi connectivity index (χ4v) is 1.92. The highest BCUT2D eigenvalue weighted by atomic mass is 17.1. The van der Waals surface area contributed by atoms with Gasteiger partial charge in [-0.05, 0) is 39.7 Å². The minimum atomic E-state index is -0.226. The highest BCUT2D eigenvalue weighted by Crippen LogP contribution is 2.09. The molecule has 22 heavy (non-hydrogen) atoms. The van der Waals surface area contributed by atoms with Crippen LogP contribution in [0.15, 0.2) is 12.7 Å². The van der Waals surface area contributed by atoms with E-state index in [9.17, 15) is 4.79 Å². The summed E-state index contributed by atoms with van der Waals surface area (Å²) >= 11 is 0. The van der Waals surface area contributed by atoms with Crippen LogP contribution in [-0.2, 0) is 14.4 Å². The quantitative estimate of drug-likeness (QED) is 0.357. The Morgan fingerprint density at radius 2 is 1.68 bits per heavy atom.